The van der Waals surface area contributed by atoms with E-state index < -0.39 is 0 Å². The molecule has 0 fully saturated rings. The van der Waals surface area contributed by atoms with Crippen molar-refractivity contribution in [3.8, 4) is 5.75 Å². The zero-order valence-corrected chi connectivity index (χ0v) is 15.5. The molecule has 0 radical (unpaired) electrons. The van der Waals surface area contributed by atoms with Crippen molar-refractivity contribution in [1.82, 2.24) is 4.90 Å². The van der Waals surface area contributed by atoms with Crippen molar-refractivity contribution in [1.29, 1.82) is 0 Å². The molecule has 0 bridgehead atoms. The predicted octanol–water partition coefficient (Wildman–Crippen LogP) is 3.41. The Morgan fingerprint density at radius 3 is 2.54 bits per heavy atom. The number of phenols is 1. The molecule has 2 rings (SSSR count). The molecule has 1 heterocycles. The number of carbonyl (C=O) groups excluding carboxylic acids is 1. The number of thiophene rings is 1. The number of carbonyl (C=O) groups is 1. The standard InChI is InChI=1S/C19H25NO3S/c1-19(2,3)15-11-13(18(23)16-6-5-9-24-16)10-14(17(15)22)12-20(4)7-8-21/h5-6,9-11,21-22H,7-8,12H2,1-4H3. The lowest BCUT2D eigenvalue weighted by Crippen LogP contribution is -2.22. The van der Waals surface area contributed by atoms with Crippen molar-refractivity contribution in [2.75, 3.05) is 20.2 Å². The highest BCUT2D eigenvalue weighted by Gasteiger charge is 2.24. The van der Waals surface area contributed by atoms with E-state index in [1.807, 2.05) is 50.2 Å². The third-order valence-electron chi connectivity index (χ3n) is 3.93. The molecule has 0 saturated heterocycles. The average molecular weight is 347 g/mol. The Bertz CT molecular complexity index is 702. The molecule has 5 heteroatoms. The molecule has 0 saturated carbocycles. The van der Waals surface area contributed by atoms with Crippen LogP contribution in [0.1, 0.15) is 47.1 Å². The minimum absolute atomic E-state index is 0.0263. The van der Waals surface area contributed by atoms with Crippen LogP contribution in [-0.2, 0) is 12.0 Å². The summed E-state index contributed by atoms with van der Waals surface area (Å²) in [4.78, 5) is 15.3. The van der Waals surface area contributed by atoms with Gasteiger partial charge in [-0.25, -0.2) is 0 Å². The molecule has 0 atom stereocenters. The summed E-state index contributed by atoms with van der Waals surface area (Å²) in [7, 11) is 1.88. The zero-order chi connectivity index (χ0) is 17.9. The second kappa shape index (κ2) is 7.47. The van der Waals surface area contributed by atoms with Crippen LogP contribution < -0.4 is 0 Å². The SMILES string of the molecule is CN(CCO)Cc1cc(C(=O)c2cccs2)cc(C(C)(C)C)c1O. The minimum atomic E-state index is -0.278. The lowest BCUT2D eigenvalue weighted by Gasteiger charge is -2.24. The van der Waals surface area contributed by atoms with Crippen molar-refractivity contribution in [2.45, 2.75) is 32.7 Å². The quantitative estimate of drug-likeness (QED) is 0.786. The Morgan fingerprint density at radius 2 is 2.00 bits per heavy atom. The molecule has 2 aromatic rings. The van der Waals surface area contributed by atoms with Crippen molar-refractivity contribution in [3.63, 3.8) is 0 Å². The van der Waals surface area contributed by atoms with Crippen molar-refractivity contribution >= 4 is 17.1 Å². The second-order valence-electron chi connectivity index (χ2n) is 7.05. The molecule has 1 aromatic heterocycles. The van der Waals surface area contributed by atoms with E-state index in [0.29, 0.717) is 29.1 Å². The summed E-state index contributed by atoms with van der Waals surface area (Å²) in [5.74, 6) is 0.205. The summed E-state index contributed by atoms with van der Waals surface area (Å²) in [6.07, 6.45) is 0. The van der Waals surface area contributed by atoms with Crippen LogP contribution in [0.3, 0.4) is 0 Å². The van der Waals surface area contributed by atoms with E-state index in [9.17, 15) is 9.90 Å². The number of phenolic OH excluding ortho intramolecular Hbond substituents is 1. The highest BCUT2D eigenvalue weighted by molar-refractivity contribution is 7.12. The molecule has 0 amide bonds. The maximum absolute atomic E-state index is 12.7. The molecular weight excluding hydrogens is 322 g/mol. The molecule has 130 valence electrons. The Hall–Kier alpha value is -1.69. The molecule has 24 heavy (non-hydrogen) atoms. The number of benzene rings is 1. The summed E-state index contributed by atoms with van der Waals surface area (Å²) in [5, 5.41) is 21.6. The van der Waals surface area contributed by atoms with Gasteiger partial charge in [0.15, 0.2) is 0 Å². The average Bonchev–Trinajstić information content (AvgIpc) is 3.01. The molecule has 4 nitrogen and oxygen atoms in total. The smallest absolute Gasteiger partial charge is 0.202 e. The van der Waals surface area contributed by atoms with Crippen LogP contribution >= 0.6 is 11.3 Å². The van der Waals surface area contributed by atoms with Crippen LogP contribution in [0.4, 0.5) is 0 Å². The van der Waals surface area contributed by atoms with Gasteiger partial charge in [-0.3, -0.25) is 9.69 Å². The van der Waals surface area contributed by atoms with Gasteiger partial charge in [-0.15, -0.1) is 11.3 Å². The van der Waals surface area contributed by atoms with Gasteiger partial charge in [-0.05, 0) is 36.0 Å². The number of aliphatic hydroxyl groups excluding tert-OH is 1. The largest absolute Gasteiger partial charge is 0.507 e. The molecular formula is C19H25NO3S. The molecule has 0 spiro atoms. The summed E-state index contributed by atoms with van der Waals surface area (Å²) < 4.78 is 0. The third-order valence-corrected chi connectivity index (χ3v) is 4.79. The maximum atomic E-state index is 12.7. The lowest BCUT2D eigenvalue weighted by atomic mass is 9.83. The van der Waals surface area contributed by atoms with Crippen LogP contribution in [0.2, 0.25) is 0 Å². The van der Waals surface area contributed by atoms with Gasteiger partial charge >= 0.3 is 0 Å². The highest BCUT2D eigenvalue weighted by atomic mass is 32.1. The fraction of sp³-hybridized carbons (Fsp3) is 0.421. The van der Waals surface area contributed by atoms with Crippen LogP contribution in [0.25, 0.3) is 0 Å². The fourth-order valence-corrected chi connectivity index (χ4v) is 3.29. The molecule has 0 aliphatic rings. The van der Waals surface area contributed by atoms with Gasteiger partial charge in [0, 0.05) is 29.8 Å². The number of rotatable bonds is 6. The summed E-state index contributed by atoms with van der Waals surface area (Å²) >= 11 is 1.42. The second-order valence-corrected chi connectivity index (χ2v) is 8.00. The van der Waals surface area contributed by atoms with Gasteiger partial charge in [0.05, 0.1) is 11.5 Å². The Labute approximate surface area is 147 Å². The van der Waals surface area contributed by atoms with E-state index in [2.05, 4.69) is 0 Å². The first-order chi connectivity index (χ1) is 11.2. The lowest BCUT2D eigenvalue weighted by molar-refractivity contribution is 0.104. The summed E-state index contributed by atoms with van der Waals surface area (Å²) in [6, 6.07) is 7.24. The van der Waals surface area contributed by atoms with Crippen molar-refractivity contribution in [3.05, 3.63) is 51.2 Å². The molecule has 1 aromatic carbocycles. The highest BCUT2D eigenvalue weighted by Crippen LogP contribution is 2.35. The molecule has 0 unspecified atom stereocenters. The van der Waals surface area contributed by atoms with E-state index in [1.165, 1.54) is 11.3 Å². The van der Waals surface area contributed by atoms with Gasteiger partial charge in [0.25, 0.3) is 0 Å². The minimum Gasteiger partial charge on any atom is -0.507 e. The monoisotopic (exact) mass is 347 g/mol. The Morgan fingerprint density at radius 1 is 1.29 bits per heavy atom. The number of nitrogens with zero attached hydrogens (tertiary/aromatic N) is 1. The maximum Gasteiger partial charge on any atom is 0.202 e. The van der Waals surface area contributed by atoms with E-state index in [-0.39, 0.29) is 23.6 Å². The van der Waals surface area contributed by atoms with Crippen LogP contribution in [-0.4, -0.2) is 41.1 Å². The van der Waals surface area contributed by atoms with Gasteiger partial charge in [-0.1, -0.05) is 26.8 Å². The third kappa shape index (κ3) is 4.23. The Kier molecular flexibility index (Phi) is 5.80. The molecule has 0 aliphatic carbocycles. The number of hydrogen-bond acceptors (Lipinski definition) is 5. The molecule has 0 aliphatic heterocycles. The topological polar surface area (TPSA) is 60.8 Å². The van der Waals surface area contributed by atoms with E-state index in [1.54, 1.807) is 12.1 Å². The molecule has 2 N–H and O–H groups in total. The van der Waals surface area contributed by atoms with Crippen LogP contribution in [0, 0.1) is 0 Å². The first-order valence-electron chi connectivity index (χ1n) is 7.98. The van der Waals surface area contributed by atoms with E-state index in [4.69, 9.17) is 5.11 Å². The van der Waals surface area contributed by atoms with Gasteiger partial charge in [0.1, 0.15) is 5.75 Å². The normalized spacial score (nSPS) is 11.9. The van der Waals surface area contributed by atoms with Gasteiger partial charge in [-0.2, -0.15) is 0 Å². The van der Waals surface area contributed by atoms with Crippen molar-refractivity contribution in [2.24, 2.45) is 0 Å². The van der Waals surface area contributed by atoms with Crippen LogP contribution in [0.15, 0.2) is 29.6 Å². The number of aromatic hydroxyl groups is 1. The fourth-order valence-electron chi connectivity index (χ4n) is 2.61. The number of likely N-dealkylation sites (N-methyl/N-ethyl adjacent to an activating group) is 1. The number of aliphatic hydroxyl groups is 1. The van der Waals surface area contributed by atoms with E-state index in [0.717, 1.165) is 5.56 Å². The first kappa shape index (κ1) is 18.6. The number of ketones is 1. The summed E-state index contributed by atoms with van der Waals surface area (Å²) in [5.41, 5.74) is 1.78. The van der Waals surface area contributed by atoms with Crippen molar-refractivity contribution < 1.29 is 15.0 Å². The summed E-state index contributed by atoms with van der Waals surface area (Å²) in [6.45, 7) is 7.08. The Balaban J connectivity index is 2.50. The number of hydrogen-bond donors (Lipinski definition) is 2. The zero-order valence-electron chi connectivity index (χ0n) is 14.7. The van der Waals surface area contributed by atoms with Gasteiger partial charge < -0.3 is 10.2 Å². The van der Waals surface area contributed by atoms with Crippen LogP contribution in [0.5, 0.6) is 5.75 Å². The first-order valence-corrected chi connectivity index (χ1v) is 8.86. The van der Waals surface area contributed by atoms with E-state index >= 15 is 0 Å². The predicted molar refractivity (Wildman–Crippen MR) is 98.0 cm³/mol. The van der Waals surface area contributed by atoms with Gasteiger partial charge in [0.2, 0.25) is 5.78 Å².